The Morgan fingerprint density at radius 1 is 1.25 bits per heavy atom. The van der Waals surface area contributed by atoms with Crippen molar-refractivity contribution in [3.8, 4) is 11.5 Å². The molecule has 0 bridgehead atoms. The molecule has 0 fully saturated rings. The second kappa shape index (κ2) is 5.94. The van der Waals surface area contributed by atoms with Gasteiger partial charge < -0.3 is 14.3 Å². The predicted molar refractivity (Wildman–Crippen MR) is 63.1 cm³/mol. The summed E-state index contributed by atoms with van der Waals surface area (Å²) in [5.41, 5.74) is 2.02. The molecule has 2 N–H and O–H groups in total. The van der Waals surface area contributed by atoms with Crippen molar-refractivity contribution in [1.82, 2.24) is 0 Å². The predicted octanol–water partition coefficient (Wildman–Crippen LogP) is 2.10. The van der Waals surface area contributed by atoms with Gasteiger partial charge in [-0.2, -0.15) is 0 Å². The Kier molecular flexibility index (Phi) is 4.86. The number of nitrogens with two attached hydrogens (primary N) is 1. The molecule has 0 atom stereocenters. The Labute approximate surface area is 100 Å². The number of ether oxygens (including phenoxy) is 2. The maximum Gasteiger partial charge on any atom is 0.179 e. The van der Waals surface area contributed by atoms with Crippen molar-refractivity contribution in [3.05, 3.63) is 22.2 Å². The maximum absolute atomic E-state index is 6.09. The molecule has 0 radical (unpaired) electrons. The van der Waals surface area contributed by atoms with Gasteiger partial charge in [-0.15, -0.1) is 0 Å². The van der Waals surface area contributed by atoms with Crippen molar-refractivity contribution in [3.63, 3.8) is 0 Å². The van der Waals surface area contributed by atoms with E-state index in [-0.39, 0.29) is 0 Å². The van der Waals surface area contributed by atoms with E-state index in [0.29, 0.717) is 29.5 Å². The average Bonchev–Trinajstić information content (AvgIpc) is 2.29. The monoisotopic (exact) mass is 245 g/mol. The second-order valence-corrected chi connectivity index (χ2v) is 3.74. The van der Waals surface area contributed by atoms with Crippen LogP contribution in [0.3, 0.4) is 0 Å². The molecule has 90 valence electrons. The molecular weight excluding hydrogens is 230 g/mol. The Balaban J connectivity index is 3.17. The van der Waals surface area contributed by atoms with E-state index >= 15 is 0 Å². The van der Waals surface area contributed by atoms with Crippen molar-refractivity contribution < 1.29 is 14.3 Å². The van der Waals surface area contributed by atoms with Gasteiger partial charge in [-0.05, 0) is 30.5 Å². The average molecular weight is 246 g/mol. The number of methoxy groups -OCH3 is 2. The van der Waals surface area contributed by atoms with Gasteiger partial charge in [-0.1, -0.05) is 11.6 Å². The Morgan fingerprint density at radius 2 is 1.88 bits per heavy atom. The minimum atomic E-state index is 0.437. The smallest absolute Gasteiger partial charge is 0.179 e. The van der Waals surface area contributed by atoms with Crippen LogP contribution in [-0.2, 0) is 11.3 Å². The van der Waals surface area contributed by atoms with Crippen molar-refractivity contribution in [2.45, 2.75) is 13.3 Å². The summed E-state index contributed by atoms with van der Waals surface area (Å²) in [5, 5.41) is 0.525. The number of halogens is 1. The lowest BCUT2D eigenvalue weighted by atomic mass is 10.0. The Morgan fingerprint density at radius 3 is 2.38 bits per heavy atom. The summed E-state index contributed by atoms with van der Waals surface area (Å²) in [6.45, 7) is 2.39. The van der Waals surface area contributed by atoms with E-state index in [0.717, 1.165) is 11.1 Å². The van der Waals surface area contributed by atoms with Crippen molar-refractivity contribution >= 4 is 11.6 Å². The van der Waals surface area contributed by atoms with Crippen LogP contribution in [0.1, 0.15) is 11.1 Å². The summed E-state index contributed by atoms with van der Waals surface area (Å²) in [7, 11) is 3.15. The number of rotatable bonds is 5. The standard InChI is InChI=1S/C11H16ClNO3/c1-7-8(4-5-16-13)6-9(12)11(15-3)10(7)14-2/h6H,4-5,13H2,1-3H3. The van der Waals surface area contributed by atoms with Crippen molar-refractivity contribution in [1.29, 1.82) is 0 Å². The first kappa shape index (κ1) is 13.1. The highest BCUT2D eigenvalue weighted by Gasteiger charge is 2.15. The zero-order valence-electron chi connectivity index (χ0n) is 9.67. The summed E-state index contributed by atoms with van der Waals surface area (Å²) in [5.74, 6) is 6.21. The van der Waals surface area contributed by atoms with Gasteiger partial charge >= 0.3 is 0 Å². The molecule has 0 aliphatic carbocycles. The topological polar surface area (TPSA) is 53.7 Å². The summed E-state index contributed by atoms with van der Waals surface area (Å²) < 4.78 is 10.5. The van der Waals surface area contributed by atoms with E-state index in [1.54, 1.807) is 14.2 Å². The fraction of sp³-hybridized carbons (Fsp3) is 0.455. The molecule has 1 rings (SSSR count). The van der Waals surface area contributed by atoms with E-state index in [1.807, 2.05) is 13.0 Å². The molecule has 0 saturated heterocycles. The van der Waals surface area contributed by atoms with Gasteiger partial charge in [0.1, 0.15) is 0 Å². The van der Waals surface area contributed by atoms with Gasteiger partial charge in [-0.25, -0.2) is 5.90 Å². The van der Waals surface area contributed by atoms with Gasteiger partial charge in [-0.3, -0.25) is 0 Å². The molecule has 0 aliphatic rings. The molecule has 0 unspecified atom stereocenters. The first-order chi connectivity index (χ1) is 7.65. The number of hydrogen-bond donors (Lipinski definition) is 1. The van der Waals surface area contributed by atoms with Crippen molar-refractivity contribution in [2.24, 2.45) is 5.90 Å². The zero-order valence-corrected chi connectivity index (χ0v) is 10.4. The van der Waals surface area contributed by atoms with Gasteiger partial charge in [0, 0.05) is 0 Å². The van der Waals surface area contributed by atoms with Crippen LogP contribution in [0.25, 0.3) is 0 Å². The summed E-state index contributed by atoms with van der Waals surface area (Å²) in [6.07, 6.45) is 0.683. The van der Waals surface area contributed by atoms with E-state index in [2.05, 4.69) is 4.84 Å². The van der Waals surface area contributed by atoms with Crippen LogP contribution in [0.2, 0.25) is 5.02 Å². The molecule has 5 heteroatoms. The normalized spacial score (nSPS) is 10.3. The van der Waals surface area contributed by atoms with Crippen LogP contribution >= 0.6 is 11.6 Å². The molecule has 0 aromatic heterocycles. The second-order valence-electron chi connectivity index (χ2n) is 3.33. The molecule has 0 saturated carbocycles. The molecule has 1 aromatic rings. The molecular formula is C11H16ClNO3. The molecule has 0 heterocycles. The quantitative estimate of drug-likeness (QED) is 0.808. The van der Waals surface area contributed by atoms with E-state index < -0.39 is 0 Å². The molecule has 4 nitrogen and oxygen atoms in total. The van der Waals surface area contributed by atoms with Gasteiger partial charge in [0.2, 0.25) is 0 Å². The third-order valence-corrected chi connectivity index (χ3v) is 2.72. The summed E-state index contributed by atoms with van der Waals surface area (Å²) >= 11 is 6.09. The van der Waals surface area contributed by atoms with Crippen LogP contribution < -0.4 is 15.4 Å². The fourth-order valence-electron chi connectivity index (χ4n) is 1.62. The largest absolute Gasteiger partial charge is 0.493 e. The highest BCUT2D eigenvalue weighted by atomic mass is 35.5. The lowest BCUT2D eigenvalue weighted by molar-refractivity contribution is 0.141. The Bertz CT molecular complexity index is 369. The van der Waals surface area contributed by atoms with E-state index in [1.165, 1.54) is 0 Å². The minimum Gasteiger partial charge on any atom is -0.493 e. The lowest BCUT2D eigenvalue weighted by Gasteiger charge is -2.15. The van der Waals surface area contributed by atoms with Crippen LogP contribution in [0.4, 0.5) is 0 Å². The highest BCUT2D eigenvalue weighted by Crippen LogP contribution is 2.39. The minimum absolute atomic E-state index is 0.437. The van der Waals surface area contributed by atoms with Gasteiger partial charge in [0.25, 0.3) is 0 Å². The molecule has 16 heavy (non-hydrogen) atoms. The van der Waals surface area contributed by atoms with Gasteiger partial charge in [0.15, 0.2) is 11.5 Å². The Hall–Kier alpha value is -0.970. The van der Waals surface area contributed by atoms with E-state index in [4.69, 9.17) is 27.0 Å². The first-order valence-corrected chi connectivity index (χ1v) is 5.25. The third kappa shape index (κ3) is 2.58. The van der Waals surface area contributed by atoms with Crippen LogP contribution in [0.5, 0.6) is 11.5 Å². The SMILES string of the molecule is COc1c(Cl)cc(CCON)c(C)c1OC. The third-order valence-electron chi connectivity index (χ3n) is 2.44. The highest BCUT2D eigenvalue weighted by molar-refractivity contribution is 6.32. The molecule has 0 spiro atoms. The molecule has 0 aliphatic heterocycles. The van der Waals surface area contributed by atoms with Crippen LogP contribution in [0.15, 0.2) is 6.07 Å². The number of benzene rings is 1. The first-order valence-electron chi connectivity index (χ1n) is 4.87. The van der Waals surface area contributed by atoms with Crippen LogP contribution in [0, 0.1) is 6.92 Å². The molecule has 1 aromatic carbocycles. The van der Waals surface area contributed by atoms with E-state index in [9.17, 15) is 0 Å². The lowest BCUT2D eigenvalue weighted by Crippen LogP contribution is -2.06. The van der Waals surface area contributed by atoms with Gasteiger partial charge in [0.05, 0.1) is 25.8 Å². The fourth-order valence-corrected chi connectivity index (χ4v) is 1.91. The maximum atomic E-state index is 6.09. The zero-order chi connectivity index (χ0) is 12.1. The summed E-state index contributed by atoms with van der Waals surface area (Å²) in [6, 6.07) is 1.84. The summed E-state index contributed by atoms with van der Waals surface area (Å²) in [4.78, 5) is 4.56. The molecule has 0 amide bonds. The van der Waals surface area contributed by atoms with Crippen LogP contribution in [-0.4, -0.2) is 20.8 Å². The number of hydrogen-bond acceptors (Lipinski definition) is 4. The van der Waals surface area contributed by atoms with Crippen molar-refractivity contribution in [2.75, 3.05) is 20.8 Å².